The first-order chi connectivity index (χ1) is 7.08. The summed E-state index contributed by atoms with van der Waals surface area (Å²) in [6.07, 6.45) is 2.51. The summed E-state index contributed by atoms with van der Waals surface area (Å²) in [5.74, 6) is -0.173. The molecule has 2 N–H and O–H groups in total. The van der Waals surface area contributed by atoms with E-state index < -0.39 is 5.97 Å². The van der Waals surface area contributed by atoms with E-state index in [0.29, 0.717) is 12.5 Å². The molecule has 5 nitrogen and oxygen atoms in total. The molecule has 1 amide bonds. The maximum absolute atomic E-state index is 11.3. The molecule has 0 bridgehead atoms. The van der Waals surface area contributed by atoms with Gasteiger partial charge in [0.05, 0.1) is 13.0 Å². The van der Waals surface area contributed by atoms with E-state index in [0.717, 1.165) is 6.54 Å². The van der Waals surface area contributed by atoms with Crippen molar-refractivity contribution in [2.24, 2.45) is 5.92 Å². The van der Waals surface area contributed by atoms with Crippen molar-refractivity contribution in [3.8, 4) is 0 Å². The second kappa shape index (κ2) is 5.70. The molecule has 1 fully saturated rings. The maximum Gasteiger partial charge on any atom is 0.304 e. The van der Waals surface area contributed by atoms with Crippen molar-refractivity contribution in [1.82, 2.24) is 10.2 Å². The largest absolute Gasteiger partial charge is 0.481 e. The van der Waals surface area contributed by atoms with E-state index >= 15 is 0 Å². The van der Waals surface area contributed by atoms with Crippen LogP contribution in [0.5, 0.6) is 0 Å². The molecule has 0 atom stereocenters. The number of carbonyl (C=O) groups is 2. The Bertz CT molecular complexity index is 239. The number of hydrogen-bond acceptors (Lipinski definition) is 3. The quantitative estimate of drug-likeness (QED) is 0.622. The standard InChI is InChI=1S/C10H18N2O3/c1-12(5-4-10(14)15)7-9(13)11-6-8-2-3-8/h8H,2-7H2,1H3,(H,11,13)(H,14,15). The fourth-order valence-corrected chi connectivity index (χ4v) is 1.25. The van der Waals surface area contributed by atoms with Gasteiger partial charge in [-0.1, -0.05) is 0 Å². The minimum Gasteiger partial charge on any atom is -0.481 e. The van der Waals surface area contributed by atoms with Gasteiger partial charge < -0.3 is 10.4 Å². The molecule has 15 heavy (non-hydrogen) atoms. The van der Waals surface area contributed by atoms with E-state index in [4.69, 9.17) is 5.11 Å². The van der Waals surface area contributed by atoms with Gasteiger partial charge in [0.1, 0.15) is 0 Å². The molecule has 0 aromatic heterocycles. The van der Waals surface area contributed by atoms with Gasteiger partial charge in [-0.15, -0.1) is 0 Å². The predicted octanol–water partition coefficient (Wildman–Crippen LogP) is -0.0809. The highest BCUT2D eigenvalue weighted by atomic mass is 16.4. The van der Waals surface area contributed by atoms with E-state index in [-0.39, 0.29) is 18.9 Å². The maximum atomic E-state index is 11.3. The number of hydrogen-bond donors (Lipinski definition) is 2. The van der Waals surface area contributed by atoms with Crippen molar-refractivity contribution in [3.05, 3.63) is 0 Å². The SMILES string of the molecule is CN(CCC(=O)O)CC(=O)NCC1CC1. The molecule has 0 aromatic rings. The Balaban J connectivity index is 2.04. The summed E-state index contributed by atoms with van der Waals surface area (Å²) in [4.78, 5) is 23.3. The van der Waals surface area contributed by atoms with Crippen molar-refractivity contribution in [2.45, 2.75) is 19.3 Å². The minimum absolute atomic E-state index is 0.0187. The highest BCUT2D eigenvalue weighted by molar-refractivity contribution is 5.78. The molecular weight excluding hydrogens is 196 g/mol. The lowest BCUT2D eigenvalue weighted by Crippen LogP contribution is -2.36. The van der Waals surface area contributed by atoms with Crippen LogP contribution in [0.4, 0.5) is 0 Å². The van der Waals surface area contributed by atoms with Gasteiger partial charge in [0.15, 0.2) is 0 Å². The van der Waals surface area contributed by atoms with E-state index in [2.05, 4.69) is 5.32 Å². The fourth-order valence-electron chi connectivity index (χ4n) is 1.25. The summed E-state index contributed by atoms with van der Waals surface area (Å²) in [6.45, 7) is 1.46. The molecule has 1 rings (SSSR count). The van der Waals surface area contributed by atoms with Crippen LogP contribution in [0.25, 0.3) is 0 Å². The predicted molar refractivity (Wildman–Crippen MR) is 55.5 cm³/mol. The van der Waals surface area contributed by atoms with Crippen LogP contribution in [0.1, 0.15) is 19.3 Å². The number of carboxylic acids is 1. The number of nitrogens with one attached hydrogen (secondary N) is 1. The molecule has 86 valence electrons. The van der Waals surface area contributed by atoms with Gasteiger partial charge in [0.25, 0.3) is 0 Å². The second-order valence-electron chi connectivity index (χ2n) is 4.13. The fraction of sp³-hybridized carbons (Fsp3) is 0.800. The molecule has 0 radical (unpaired) electrons. The number of carbonyl (C=O) groups excluding carboxylic acids is 1. The van der Waals surface area contributed by atoms with Gasteiger partial charge in [-0.25, -0.2) is 0 Å². The lowest BCUT2D eigenvalue weighted by Gasteiger charge is -2.14. The van der Waals surface area contributed by atoms with Crippen molar-refractivity contribution in [3.63, 3.8) is 0 Å². The molecule has 0 saturated heterocycles. The zero-order chi connectivity index (χ0) is 11.3. The molecule has 0 spiro atoms. The average Bonchev–Trinajstić information content (AvgIpc) is 2.95. The van der Waals surface area contributed by atoms with Gasteiger partial charge in [-0.3, -0.25) is 14.5 Å². The Morgan fingerprint density at radius 3 is 2.67 bits per heavy atom. The van der Waals surface area contributed by atoms with Crippen LogP contribution in [-0.2, 0) is 9.59 Å². The number of nitrogens with zero attached hydrogens (tertiary/aromatic N) is 1. The zero-order valence-electron chi connectivity index (χ0n) is 9.03. The average molecular weight is 214 g/mol. The lowest BCUT2D eigenvalue weighted by molar-refractivity contribution is -0.137. The molecule has 0 aliphatic heterocycles. The van der Waals surface area contributed by atoms with Crippen LogP contribution in [0.15, 0.2) is 0 Å². The van der Waals surface area contributed by atoms with Gasteiger partial charge in [-0.05, 0) is 25.8 Å². The number of amides is 1. The Morgan fingerprint density at radius 1 is 1.47 bits per heavy atom. The van der Waals surface area contributed by atoms with Crippen molar-refractivity contribution in [2.75, 3.05) is 26.7 Å². The number of rotatable bonds is 7. The smallest absolute Gasteiger partial charge is 0.304 e. The van der Waals surface area contributed by atoms with Crippen LogP contribution in [0.2, 0.25) is 0 Å². The van der Waals surface area contributed by atoms with Gasteiger partial charge in [0.2, 0.25) is 5.91 Å². The van der Waals surface area contributed by atoms with Gasteiger partial charge in [0, 0.05) is 13.1 Å². The first-order valence-corrected chi connectivity index (χ1v) is 5.25. The zero-order valence-corrected chi connectivity index (χ0v) is 9.03. The Hall–Kier alpha value is -1.10. The third kappa shape index (κ3) is 6.06. The molecule has 1 aliphatic rings. The van der Waals surface area contributed by atoms with Crippen LogP contribution < -0.4 is 5.32 Å². The van der Waals surface area contributed by atoms with E-state index in [1.807, 2.05) is 0 Å². The summed E-state index contributed by atoms with van der Waals surface area (Å²) >= 11 is 0. The topological polar surface area (TPSA) is 69.6 Å². The summed E-state index contributed by atoms with van der Waals surface area (Å²) < 4.78 is 0. The monoisotopic (exact) mass is 214 g/mol. The first kappa shape index (κ1) is 12.0. The number of aliphatic carboxylic acids is 1. The lowest BCUT2D eigenvalue weighted by atomic mass is 10.3. The van der Waals surface area contributed by atoms with Gasteiger partial charge in [-0.2, -0.15) is 0 Å². The molecule has 0 aromatic carbocycles. The molecule has 5 heteroatoms. The molecule has 0 unspecified atom stereocenters. The summed E-state index contributed by atoms with van der Waals surface area (Å²) in [6, 6.07) is 0. The Morgan fingerprint density at radius 2 is 2.13 bits per heavy atom. The second-order valence-corrected chi connectivity index (χ2v) is 4.13. The molecule has 0 heterocycles. The summed E-state index contributed by atoms with van der Waals surface area (Å²) in [5.41, 5.74) is 0. The third-order valence-corrected chi connectivity index (χ3v) is 2.41. The first-order valence-electron chi connectivity index (χ1n) is 5.25. The van der Waals surface area contributed by atoms with Crippen LogP contribution >= 0.6 is 0 Å². The van der Waals surface area contributed by atoms with Crippen LogP contribution in [-0.4, -0.2) is 48.6 Å². The summed E-state index contributed by atoms with van der Waals surface area (Å²) in [5, 5.41) is 11.3. The molecular formula is C10H18N2O3. The summed E-state index contributed by atoms with van der Waals surface area (Å²) in [7, 11) is 1.75. The van der Waals surface area contributed by atoms with E-state index in [1.165, 1.54) is 12.8 Å². The Labute approximate surface area is 89.4 Å². The van der Waals surface area contributed by atoms with Crippen molar-refractivity contribution in [1.29, 1.82) is 0 Å². The van der Waals surface area contributed by atoms with Crippen molar-refractivity contribution >= 4 is 11.9 Å². The minimum atomic E-state index is -0.833. The van der Waals surface area contributed by atoms with E-state index in [9.17, 15) is 9.59 Å². The van der Waals surface area contributed by atoms with Crippen LogP contribution in [0, 0.1) is 5.92 Å². The molecule has 1 saturated carbocycles. The van der Waals surface area contributed by atoms with Crippen LogP contribution in [0.3, 0.4) is 0 Å². The van der Waals surface area contributed by atoms with Crippen molar-refractivity contribution < 1.29 is 14.7 Å². The number of likely N-dealkylation sites (N-methyl/N-ethyl adjacent to an activating group) is 1. The van der Waals surface area contributed by atoms with Gasteiger partial charge >= 0.3 is 5.97 Å². The highest BCUT2D eigenvalue weighted by Gasteiger charge is 2.21. The Kier molecular flexibility index (Phi) is 4.55. The van der Waals surface area contributed by atoms with E-state index in [1.54, 1.807) is 11.9 Å². The third-order valence-electron chi connectivity index (χ3n) is 2.41. The molecule has 1 aliphatic carbocycles. The number of carboxylic acid groups (broad SMARTS) is 1. The normalized spacial score (nSPS) is 15.3. The highest BCUT2D eigenvalue weighted by Crippen LogP contribution is 2.27.